The van der Waals surface area contributed by atoms with Crippen LogP contribution in [0.15, 0.2) is 29.1 Å². The summed E-state index contributed by atoms with van der Waals surface area (Å²) in [6, 6.07) is 7.52. The normalized spacial score (nSPS) is 11.9. The van der Waals surface area contributed by atoms with Gasteiger partial charge in [0.15, 0.2) is 5.78 Å². The number of aromatic nitrogens is 2. The van der Waals surface area contributed by atoms with Crippen LogP contribution in [0.3, 0.4) is 0 Å². The van der Waals surface area contributed by atoms with E-state index in [0.717, 1.165) is 24.2 Å². The maximum absolute atomic E-state index is 12.5. The molecule has 0 amide bonds. The number of fused-ring (bicyclic) bond motifs is 1. The zero-order valence-electron chi connectivity index (χ0n) is 14.1. The Morgan fingerprint density at radius 2 is 1.86 bits per heavy atom. The van der Waals surface area contributed by atoms with Crippen LogP contribution in [0, 0.1) is 5.41 Å². The first-order valence-corrected chi connectivity index (χ1v) is 7.81. The fraction of sp³-hybridized carbons (Fsp3) is 0.500. The summed E-state index contributed by atoms with van der Waals surface area (Å²) in [6.07, 6.45) is 1.70. The van der Waals surface area contributed by atoms with E-state index in [1.54, 1.807) is 11.6 Å². The Kier molecular flexibility index (Phi) is 4.50. The molecular weight excluding hydrogens is 276 g/mol. The lowest BCUT2D eigenvalue weighted by molar-refractivity contribution is -0.671. The SMILES string of the molecule is CCCc1n(C)c(=O)c2ccccc2[n+]1CC(=O)C(C)(C)C. The molecule has 0 unspecified atom stereocenters. The summed E-state index contributed by atoms with van der Waals surface area (Å²) in [4.78, 5) is 25.0. The molecule has 0 saturated heterocycles. The van der Waals surface area contributed by atoms with Crippen molar-refractivity contribution in [1.82, 2.24) is 4.57 Å². The molecule has 0 radical (unpaired) electrons. The van der Waals surface area contributed by atoms with E-state index in [0.29, 0.717) is 11.9 Å². The molecule has 0 bridgehead atoms. The van der Waals surface area contributed by atoms with E-state index in [1.807, 2.05) is 49.6 Å². The molecule has 1 aromatic heterocycles. The number of rotatable bonds is 4. The summed E-state index contributed by atoms with van der Waals surface area (Å²) in [6.45, 7) is 8.17. The second-order valence-corrected chi connectivity index (χ2v) is 6.81. The highest BCUT2D eigenvalue weighted by atomic mass is 16.1. The van der Waals surface area contributed by atoms with Crippen molar-refractivity contribution in [2.45, 2.75) is 47.1 Å². The molecule has 2 aromatic rings. The van der Waals surface area contributed by atoms with E-state index in [1.165, 1.54) is 0 Å². The maximum Gasteiger partial charge on any atom is 0.345 e. The largest absolute Gasteiger partial charge is 0.345 e. The van der Waals surface area contributed by atoms with Gasteiger partial charge in [-0.2, -0.15) is 4.57 Å². The second kappa shape index (κ2) is 6.03. The van der Waals surface area contributed by atoms with Gasteiger partial charge in [0.05, 0.1) is 7.05 Å². The van der Waals surface area contributed by atoms with Crippen LogP contribution in [0.4, 0.5) is 0 Å². The number of ketones is 1. The van der Waals surface area contributed by atoms with Gasteiger partial charge in [-0.05, 0) is 18.6 Å². The van der Waals surface area contributed by atoms with Gasteiger partial charge < -0.3 is 0 Å². The van der Waals surface area contributed by atoms with Crippen LogP contribution in [0.5, 0.6) is 0 Å². The third kappa shape index (κ3) is 2.96. The third-order valence-corrected chi connectivity index (χ3v) is 4.04. The van der Waals surface area contributed by atoms with E-state index < -0.39 is 5.41 Å². The van der Waals surface area contributed by atoms with Gasteiger partial charge in [0.2, 0.25) is 0 Å². The first kappa shape index (κ1) is 16.4. The van der Waals surface area contributed by atoms with E-state index >= 15 is 0 Å². The number of Topliss-reactive ketones (excluding diaryl/α,β-unsaturated/α-hetero) is 1. The number of nitrogens with zero attached hydrogens (tertiary/aromatic N) is 2. The van der Waals surface area contributed by atoms with Crippen molar-refractivity contribution in [2.24, 2.45) is 12.5 Å². The monoisotopic (exact) mass is 301 g/mol. The van der Waals surface area contributed by atoms with Gasteiger partial charge in [-0.1, -0.05) is 39.8 Å². The van der Waals surface area contributed by atoms with Crippen LogP contribution in [0.1, 0.15) is 39.9 Å². The Morgan fingerprint density at radius 1 is 1.23 bits per heavy atom. The van der Waals surface area contributed by atoms with Gasteiger partial charge >= 0.3 is 5.56 Å². The zero-order valence-corrected chi connectivity index (χ0v) is 14.1. The number of carbonyl (C=O) groups excluding carboxylic acids is 1. The molecule has 2 rings (SSSR count). The molecule has 0 atom stereocenters. The molecule has 0 spiro atoms. The van der Waals surface area contributed by atoms with Crippen LogP contribution in [-0.4, -0.2) is 10.4 Å². The van der Waals surface area contributed by atoms with Crippen molar-refractivity contribution in [3.63, 3.8) is 0 Å². The highest BCUT2D eigenvalue weighted by molar-refractivity contribution is 5.83. The van der Waals surface area contributed by atoms with Gasteiger partial charge in [0, 0.05) is 11.8 Å². The summed E-state index contributed by atoms with van der Waals surface area (Å²) in [5.74, 6) is 1.07. The Morgan fingerprint density at radius 3 is 2.45 bits per heavy atom. The Bertz CT molecular complexity index is 767. The van der Waals surface area contributed by atoms with E-state index in [9.17, 15) is 9.59 Å². The summed E-state index contributed by atoms with van der Waals surface area (Å²) >= 11 is 0. The minimum atomic E-state index is -0.397. The molecule has 22 heavy (non-hydrogen) atoms. The first-order chi connectivity index (χ1) is 10.3. The third-order valence-electron chi connectivity index (χ3n) is 4.04. The molecule has 4 nitrogen and oxygen atoms in total. The Balaban J connectivity index is 2.74. The van der Waals surface area contributed by atoms with Crippen LogP contribution in [0.2, 0.25) is 0 Å². The average molecular weight is 301 g/mol. The number of para-hydroxylation sites is 1. The molecule has 0 aliphatic heterocycles. The van der Waals surface area contributed by atoms with Crippen molar-refractivity contribution < 1.29 is 9.36 Å². The van der Waals surface area contributed by atoms with Crippen LogP contribution in [-0.2, 0) is 24.8 Å². The van der Waals surface area contributed by atoms with Crippen LogP contribution in [0.25, 0.3) is 10.9 Å². The fourth-order valence-electron chi connectivity index (χ4n) is 2.59. The second-order valence-electron chi connectivity index (χ2n) is 6.81. The van der Waals surface area contributed by atoms with Gasteiger partial charge in [-0.3, -0.25) is 4.79 Å². The highest BCUT2D eigenvalue weighted by Gasteiger charge is 2.27. The standard InChI is InChI=1S/C18H25N2O2/c1-6-9-16-19(5)17(22)13-10-7-8-11-14(13)20(16)12-15(21)18(2,3)4/h7-8,10-11H,6,9,12H2,1-5H3/q+1. The lowest BCUT2D eigenvalue weighted by Crippen LogP contribution is -2.50. The lowest BCUT2D eigenvalue weighted by Gasteiger charge is -2.18. The van der Waals surface area contributed by atoms with Crippen molar-refractivity contribution in [1.29, 1.82) is 0 Å². The summed E-state index contributed by atoms with van der Waals surface area (Å²) in [5.41, 5.74) is 0.442. The molecule has 0 N–H and O–H groups in total. The van der Waals surface area contributed by atoms with Crippen LogP contribution < -0.4 is 10.1 Å². The minimum Gasteiger partial charge on any atom is -0.295 e. The minimum absolute atomic E-state index is 0.00138. The molecule has 0 aliphatic rings. The predicted molar refractivity (Wildman–Crippen MR) is 87.8 cm³/mol. The van der Waals surface area contributed by atoms with Gasteiger partial charge in [-0.15, -0.1) is 0 Å². The Hall–Kier alpha value is -1.97. The predicted octanol–water partition coefficient (Wildman–Crippen LogP) is 2.39. The lowest BCUT2D eigenvalue weighted by atomic mass is 9.90. The van der Waals surface area contributed by atoms with E-state index in [-0.39, 0.29) is 11.3 Å². The molecule has 0 aliphatic carbocycles. The molecule has 0 fully saturated rings. The zero-order chi connectivity index (χ0) is 16.5. The van der Waals surface area contributed by atoms with Gasteiger partial charge in [0.25, 0.3) is 5.82 Å². The molecule has 4 heteroatoms. The van der Waals surface area contributed by atoms with Crippen LogP contribution >= 0.6 is 0 Å². The van der Waals surface area contributed by atoms with Crippen molar-refractivity contribution in [3.8, 4) is 0 Å². The molecule has 1 aromatic carbocycles. The number of hydrogen-bond donors (Lipinski definition) is 0. The topological polar surface area (TPSA) is 43.0 Å². The quantitative estimate of drug-likeness (QED) is 0.814. The van der Waals surface area contributed by atoms with E-state index in [2.05, 4.69) is 6.92 Å². The summed E-state index contributed by atoms with van der Waals surface area (Å²) in [5, 5.41) is 0.659. The van der Waals surface area contributed by atoms with E-state index in [4.69, 9.17) is 0 Å². The average Bonchev–Trinajstić information content (AvgIpc) is 2.47. The van der Waals surface area contributed by atoms with Crippen molar-refractivity contribution in [3.05, 3.63) is 40.4 Å². The van der Waals surface area contributed by atoms with Gasteiger partial charge in [-0.25, -0.2) is 9.36 Å². The smallest absolute Gasteiger partial charge is 0.295 e. The number of carbonyl (C=O) groups is 1. The summed E-state index contributed by atoms with van der Waals surface area (Å²) < 4.78 is 3.69. The van der Waals surface area contributed by atoms with Crippen molar-refractivity contribution in [2.75, 3.05) is 0 Å². The summed E-state index contributed by atoms with van der Waals surface area (Å²) in [7, 11) is 1.79. The number of hydrogen-bond acceptors (Lipinski definition) is 2. The first-order valence-electron chi connectivity index (χ1n) is 7.81. The molecule has 118 valence electrons. The molecular formula is C18H25N2O2+. The Labute approximate surface area is 131 Å². The fourth-order valence-corrected chi connectivity index (χ4v) is 2.59. The number of benzene rings is 1. The highest BCUT2D eigenvalue weighted by Crippen LogP contribution is 2.15. The molecule has 0 saturated carbocycles. The maximum atomic E-state index is 12.5. The van der Waals surface area contributed by atoms with Crippen molar-refractivity contribution >= 4 is 16.7 Å². The molecule has 1 heterocycles. The van der Waals surface area contributed by atoms with Gasteiger partial charge in [0.1, 0.15) is 17.4 Å².